The van der Waals surface area contributed by atoms with Crippen molar-refractivity contribution in [1.29, 1.82) is 0 Å². The second-order valence-electron chi connectivity index (χ2n) is 5.77. The van der Waals surface area contributed by atoms with E-state index < -0.39 is 11.7 Å². The van der Waals surface area contributed by atoms with Crippen LogP contribution in [0.1, 0.15) is 18.4 Å². The zero-order valence-electron chi connectivity index (χ0n) is 13.3. The van der Waals surface area contributed by atoms with E-state index in [1.807, 2.05) is 4.90 Å². The van der Waals surface area contributed by atoms with E-state index >= 15 is 0 Å². The van der Waals surface area contributed by atoms with Crippen molar-refractivity contribution in [1.82, 2.24) is 9.80 Å². The van der Waals surface area contributed by atoms with Gasteiger partial charge >= 0.3 is 6.18 Å². The number of nitrogens with zero attached hydrogens (tertiary/aromatic N) is 2. The molecule has 1 aliphatic rings. The number of amides is 1. The molecule has 1 aromatic rings. The first-order valence-corrected chi connectivity index (χ1v) is 7.55. The van der Waals surface area contributed by atoms with E-state index in [2.05, 4.69) is 0 Å². The zero-order chi connectivity index (χ0) is 17.0. The second kappa shape index (κ2) is 7.21. The fraction of sp³-hybridized carbons (Fsp3) is 0.562. The van der Waals surface area contributed by atoms with Crippen LogP contribution in [-0.4, -0.2) is 55.5 Å². The number of para-hydroxylation sites is 1. The number of likely N-dealkylation sites (tertiary alicyclic amines) is 1. The highest BCUT2D eigenvalue weighted by Crippen LogP contribution is 2.35. The molecule has 0 aliphatic carbocycles. The maximum Gasteiger partial charge on any atom is 0.419 e. The molecular weight excluding hydrogens is 309 g/mol. The van der Waals surface area contributed by atoms with Crippen LogP contribution in [0.3, 0.4) is 0 Å². The maximum atomic E-state index is 12.9. The maximum absolute atomic E-state index is 12.9. The molecule has 1 heterocycles. The van der Waals surface area contributed by atoms with Crippen molar-refractivity contribution >= 4 is 5.91 Å². The minimum absolute atomic E-state index is 0.0261. The van der Waals surface area contributed by atoms with E-state index in [0.29, 0.717) is 6.54 Å². The SMILES string of the molecule is CN(C)C(=O)C1CCCN1CCOc1ccccc1C(F)(F)F. The Kier molecular flexibility index (Phi) is 5.51. The van der Waals surface area contributed by atoms with Gasteiger partial charge in [-0.2, -0.15) is 13.2 Å². The number of rotatable bonds is 5. The van der Waals surface area contributed by atoms with E-state index in [1.54, 1.807) is 19.0 Å². The smallest absolute Gasteiger partial charge is 0.419 e. The third-order valence-corrected chi connectivity index (χ3v) is 3.92. The molecule has 4 nitrogen and oxygen atoms in total. The molecule has 128 valence electrons. The van der Waals surface area contributed by atoms with Crippen LogP contribution in [0.5, 0.6) is 5.75 Å². The number of ether oxygens (including phenoxy) is 1. The molecule has 0 aromatic heterocycles. The number of carbonyl (C=O) groups is 1. The molecular formula is C16H21F3N2O2. The lowest BCUT2D eigenvalue weighted by atomic mass is 10.2. The van der Waals surface area contributed by atoms with Crippen LogP contribution in [0.4, 0.5) is 13.2 Å². The van der Waals surface area contributed by atoms with Crippen molar-refractivity contribution in [2.75, 3.05) is 33.8 Å². The molecule has 0 N–H and O–H groups in total. The second-order valence-corrected chi connectivity index (χ2v) is 5.77. The molecule has 1 saturated heterocycles. The van der Waals surface area contributed by atoms with Gasteiger partial charge in [-0.3, -0.25) is 9.69 Å². The first-order chi connectivity index (χ1) is 10.8. The number of hydrogen-bond acceptors (Lipinski definition) is 3. The molecule has 1 amide bonds. The van der Waals surface area contributed by atoms with Crippen LogP contribution >= 0.6 is 0 Å². The third kappa shape index (κ3) is 4.37. The highest BCUT2D eigenvalue weighted by Gasteiger charge is 2.34. The largest absolute Gasteiger partial charge is 0.492 e. The molecule has 1 aliphatic heterocycles. The number of alkyl halides is 3. The lowest BCUT2D eigenvalue weighted by molar-refractivity contribution is -0.139. The summed E-state index contributed by atoms with van der Waals surface area (Å²) in [6.07, 6.45) is -2.76. The molecule has 1 aromatic carbocycles. The van der Waals surface area contributed by atoms with Gasteiger partial charge in [0, 0.05) is 20.6 Å². The van der Waals surface area contributed by atoms with E-state index in [0.717, 1.165) is 25.5 Å². The number of halogens is 3. The Morgan fingerprint density at radius 2 is 2.04 bits per heavy atom. The van der Waals surface area contributed by atoms with Crippen molar-refractivity contribution in [3.05, 3.63) is 29.8 Å². The summed E-state index contributed by atoms with van der Waals surface area (Å²) < 4.78 is 44.0. The van der Waals surface area contributed by atoms with Crippen LogP contribution in [0.15, 0.2) is 24.3 Å². The lowest BCUT2D eigenvalue weighted by Gasteiger charge is -2.26. The van der Waals surface area contributed by atoms with Crippen LogP contribution in [0.2, 0.25) is 0 Å². The molecule has 1 atom stereocenters. The third-order valence-electron chi connectivity index (χ3n) is 3.92. The molecule has 7 heteroatoms. The van der Waals surface area contributed by atoms with Gasteiger partial charge in [0.1, 0.15) is 12.4 Å². The molecule has 1 fully saturated rings. The quantitative estimate of drug-likeness (QED) is 0.832. The normalized spacial score (nSPS) is 18.9. The summed E-state index contributed by atoms with van der Waals surface area (Å²) in [4.78, 5) is 15.6. The molecule has 0 radical (unpaired) electrons. The average molecular weight is 330 g/mol. The van der Waals surface area contributed by atoms with Crippen LogP contribution in [-0.2, 0) is 11.0 Å². The van der Waals surface area contributed by atoms with Crippen molar-refractivity contribution in [3.63, 3.8) is 0 Å². The van der Waals surface area contributed by atoms with Crippen molar-refractivity contribution < 1.29 is 22.7 Å². The van der Waals surface area contributed by atoms with Gasteiger partial charge in [0.25, 0.3) is 0 Å². The van der Waals surface area contributed by atoms with Gasteiger partial charge in [0.05, 0.1) is 11.6 Å². The highest BCUT2D eigenvalue weighted by atomic mass is 19.4. The zero-order valence-corrected chi connectivity index (χ0v) is 13.3. The van der Waals surface area contributed by atoms with E-state index in [1.165, 1.54) is 18.2 Å². The highest BCUT2D eigenvalue weighted by molar-refractivity contribution is 5.81. The number of benzene rings is 1. The minimum Gasteiger partial charge on any atom is -0.492 e. The predicted octanol–water partition coefficient (Wildman–Crippen LogP) is 2.64. The predicted molar refractivity (Wildman–Crippen MR) is 80.2 cm³/mol. The van der Waals surface area contributed by atoms with Crippen molar-refractivity contribution in [3.8, 4) is 5.75 Å². The van der Waals surface area contributed by atoms with E-state index in [9.17, 15) is 18.0 Å². The Morgan fingerprint density at radius 1 is 1.35 bits per heavy atom. The summed E-state index contributed by atoms with van der Waals surface area (Å²) in [5.74, 6) is -0.145. The Hall–Kier alpha value is -1.76. The Labute approximate surface area is 133 Å². The summed E-state index contributed by atoms with van der Waals surface area (Å²) in [5.41, 5.74) is -0.776. The molecule has 0 saturated carbocycles. The van der Waals surface area contributed by atoms with Gasteiger partial charge in [-0.1, -0.05) is 12.1 Å². The molecule has 1 unspecified atom stereocenters. The van der Waals surface area contributed by atoms with E-state index in [4.69, 9.17) is 4.74 Å². The summed E-state index contributed by atoms with van der Waals surface area (Å²) in [7, 11) is 3.41. The standard InChI is InChI=1S/C16H21F3N2O2/c1-20(2)15(22)13-7-5-9-21(13)10-11-23-14-8-4-3-6-12(14)16(17,18)19/h3-4,6,8,13H,5,7,9-11H2,1-2H3. The number of likely N-dealkylation sites (N-methyl/N-ethyl adjacent to an activating group) is 1. The van der Waals surface area contributed by atoms with E-state index in [-0.39, 0.29) is 24.3 Å². The molecule has 0 bridgehead atoms. The topological polar surface area (TPSA) is 32.8 Å². The fourth-order valence-corrected chi connectivity index (χ4v) is 2.77. The van der Waals surface area contributed by atoms with Crippen LogP contribution in [0, 0.1) is 0 Å². The fourth-order valence-electron chi connectivity index (χ4n) is 2.77. The Balaban J connectivity index is 1.94. The van der Waals surface area contributed by atoms with Gasteiger partial charge in [-0.05, 0) is 31.5 Å². The van der Waals surface area contributed by atoms with Gasteiger partial charge in [0.15, 0.2) is 0 Å². The van der Waals surface area contributed by atoms with Gasteiger partial charge in [-0.15, -0.1) is 0 Å². The first-order valence-electron chi connectivity index (χ1n) is 7.55. The summed E-state index contributed by atoms with van der Waals surface area (Å²) in [6, 6.07) is 4.96. The van der Waals surface area contributed by atoms with Gasteiger partial charge in [-0.25, -0.2) is 0 Å². The summed E-state index contributed by atoms with van der Waals surface area (Å²) in [5, 5.41) is 0. The Bertz CT molecular complexity index is 546. The lowest BCUT2D eigenvalue weighted by Crippen LogP contribution is -2.44. The monoisotopic (exact) mass is 330 g/mol. The van der Waals surface area contributed by atoms with Crippen LogP contribution < -0.4 is 4.74 Å². The van der Waals surface area contributed by atoms with Crippen molar-refractivity contribution in [2.24, 2.45) is 0 Å². The van der Waals surface area contributed by atoms with Gasteiger partial charge < -0.3 is 9.64 Å². The van der Waals surface area contributed by atoms with Crippen LogP contribution in [0.25, 0.3) is 0 Å². The van der Waals surface area contributed by atoms with Gasteiger partial charge in [0.2, 0.25) is 5.91 Å². The first kappa shape index (κ1) is 17.6. The summed E-state index contributed by atoms with van der Waals surface area (Å²) in [6.45, 7) is 1.30. The average Bonchev–Trinajstić information content (AvgIpc) is 2.94. The molecule has 0 spiro atoms. The molecule has 23 heavy (non-hydrogen) atoms. The van der Waals surface area contributed by atoms with Crippen molar-refractivity contribution in [2.45, 2.75) is 25.1 Å². The molecule has 2 rings (SSSR count). The minimum atomic E-state index is -4.44. The summed E-state index contributed by atoms with van der Waals surface area (Å²) >= 11 is 0. The Morgan fingerprint density at radius 3 is 2.70 bits per heavy atom. The number of hydrogen-bond donors (Lipinski definition) is 0. The number of carbonyl (C=O) groups excluding carboxylic acids is 1.